The maximum Gasteiger partial charge on any atom is 0.191 e. The molecule has 1 heterocycles. The van der Waals surface area contributed by atoms with E-state index < -0.39 is 0 Å². The highest BCUT2D eigenvalue weighted by Gasteiger charge is 2.45. The van der Waals surface area contributed by atoms with Gasteiger partial charge in [0.05, 0.1) is 6.54 Å². The van der Waals surface area contributed by atoms with E-state index in [2.05, 4.69) is 29.5 Å². The Hall–Kier alpha value is -1.62. The molecule has 0 bridgehead atoms. The van der Waals surface area contributed by atoms with Gasteiger partial charge >= 0.3 is 0 Å². The quantitative estimate of drug-likeness (QED) is 0.615. The summed E-state index contributed by atoms with van der Waals surface area (Å²) < 4.78 is 14.1. The topological polar surface area (TPSA) is 39.7 Å². The average Bonchev–Trinajstić information content (AvgIpc) is 3.39. The molecule has 0 aromatic heterocycles. The van der Waals surface area contributed by atoms with E-state index >= 15 is 0 Å². The van der Waals surface area contributed by atoms with Gasteiger partial charge in [-0.3, -0.25) is 4.99 Å². The lowest BCUT2D eigenvalue weighted by atomic mass is 9.95. The number of piperidine rings is 1. The highest BCUT2D eigenvalue weighted by atomic mass is 19.1. The third kappa shape index (κ3) is 4.72. The van der Waals surface area contributed by atoms with Crippen LogP contribution in [0.1, 0.15) is 38.2 Å². The molecule has 1 aromatic carbocycles. The maximum atomic E-state index is 14.1. The summed E-state index contributed by atoms with van der Waals surface area (Å²) >= 11 is 0. The zero-order chi connectivity index (χ0) is 17.7. The lowest BCUT2D eigenvalue weighted by Crippen LogP contribution is -2.43. The van der Waals surface area contributed by atoms with E-state index in [9.17, 15) is 4.39 Å². The molecule has 5 heteroatoms. The summed E-state index contributed by atoms with van der Waals surface area (Å²) in [5.74, 6) is 1.43. The monoisotopic (exact) mass is 346 g/mol. The number of guanidine groups is 1. The van der Waals surface area contributed by atoms with Gasteiger partial charge in [-0.05, 0) is 63.7 Å². The van der Waals surface area contributed by atoms with Gasteiger partial charge in [0, 0.05) is 25.0 Å². The normalized spacial score (nSPS) is 23.3. The van der Waals surface area contributed by atoms with E-state index in [0.717, 1.165) is 44.0 Å². The molecule has 0 amide bonds. The third-order valence-electron chi connectivity index (χ3n) is 5.46. The van der Waals surface area contributed by atoms with E-state index in [0.29, 0.717) is 12.5 Å². The van der Waals surface area contributed by atoms with Gasteiger partial charge in [-0.1, -0.05) is 18.2 Å². The Bertz CT molecular complexity index is 597. The number of halogens is 1. The van der Waals surface area contributed by atoms with Crippen LogP contribution in [0.3, 0.4) is 0 Å². The molecule has 1 unspecified atom stereocenters. The van der Waals surface area contributed by atoms with Crippen molar-refractivity contribution in [3.8, 4) is 0 Å². The van der Waals surface area contributed by atoms with Gasteiger partial charge in [0.25, 0.3) is 0 Å². The summed E-state index contributed by atoms with van der Waals surface area (Å²) in [6.07, 6.45) is 4.58. The zero-order valence-electron chi connectivity index (χ0n) is 15.5. The fourth-order valence-corrected chi connectivity index (χ4v) is 3.81. The molecule has 2 N–H and O–H groups in total. The first-order valence-electron chi connectivity index (χ1n) is 9.59. The van der Waals surface area contributed by atoms with Crippen LogP contribution in [0.4, 0.5) is 4.39 Å². The molecule has 1 aromatic rings. The van der Waals surface area contributed by atoms with Crippen LogP contribution < -0.4 is 10.6 Å². The molecule has 4 nitrogen and oxygen atoms in total. The first-order chi connectivity index (χ1) is 12.1. The van der Waals surface area contributed by atoms with Gasteiger partial charge in [0.15, 0.2) is 5.96 Å². The summed E-state index contributed by atoms with van der Waals surface area (Å²) in [7, 11) is 2.19. The number of benzene rings is 1. The molecule has 1 atom stereocenters. The summed E-state index contributed by atoms with van der Waals surface area (Å²) in [5.41, 5.74) is 0.724. The van der Waals surface area contributed by atoms with Gasteiger partial charge in [0.1, 0.15) is 5.82 Å². The number of rotatable bonds is 6. The van der Waals surface area contributed by atoms with Crippen LogP contribution in [0.25, 0.3) is 0 Å². The minimum atomic E-state index is -0.0987. The van der Waals surface area contributed by atoms with Crippen molar-refractivity contribution < 1.29 is 4.39 Å². The van der Waals surface area contributed by atoms with Crippen molar-refractivity contribution >= 4 is 5.96 Å². The molecule has 25 heavy (non-hydrogen) atoms. The van der Waals surface area contributed by atoms with E-state index in [1.54, 1.807) is 12.1 Å². The molecule has 0 spiro atoms. The van der Waals surface area contributed by atoms with Crippen LogP contribution in [-0.2, 0) is 5.41 Å². The number of aliphatic imine (C=N–C) groups is 1. The van der Waals surface area contributed by atoms with Crippen molar-refractivity contribution in [2.24, 2.45) is 10.9 Å². The SMILES string of the molecule is CCNC(=NCC1(c2ccccc2F)CC1)NCC1CCCN(C)C1. The molecular weight excluding hydrogens is 315 g/mol. The fraction of sp³-hybridized carbons (Fsp3) is 0.650. The van der Waals surface area contributed by atoms with Crippen LogP contribution in [-0.4, -0.2) is 50.6 Å². The van der Waals surface area contributed by atoms with Crippen molar-refractivity contribution in [2.45, 2.75) is 38.0 Å². The minimum absolute atomic E-state index is 0.0985. The van der Waals surface area contributed by atoms with E-state index in [1.807, 2.05) is 12.1 Å². The Kier molecular flexibility index (Phi) is 5.94. The Labute approximate surface area is 150 Å². The Balaban J connectivity index is 1.59. The molecule has 1 aliphatic heterocycles. The standard InChI is InChI=1S/C20H31FN4/c1-3-22-19(23-13-16-7-6-12-25(2)14-16)24-15-20(10-11-20)17-8-4-5-9-18(17)21/h4-5,8-9,16H,3,6-7,10-15H2,1-2H3,(H2,22,23,24). The molecular formula is C20H31FN4. The van der Waals surface area contributed by atoms with Crippen molar-refractivity contribution in [3.05, 3.63) is 35.6 Å². The highest BCUT2D eigenvalue weighted by molar-refractivity contribution is 5.79. The second-order valence-electron chi connectivity index (χ2n) is 7.61. The molecule has 2 aliphatic rings. The molecule has 1 saturated heterocycles. The summed E-state index contributed by atoms with van der Waals surface area (Å²) in [4.78, 5) is 7.18. The Morgan fingerprint density at radius 2 is 2.12 bits per heavy atom. The number of hydrogen-bond acceptors (Lipinski definition) is 2. The zero-order valence-corrected chi connectivity index (χ0v) is 15.5. The Morgan fingerprint density at radius 1 is 1.32 bits per heavy atom. The first kappa shape index (κ1) is 18.2. The predicted octanol–water partition coefficient (Wildman–Crippen LogP) is 2.75. The van der Waals surface area contributed by atoms with Crippen LogP contribution in [0.2, 0.25) is 0 Å². The van der Waals surface area contributed by atoms with Gasteiger partial charge in [0.2, 0.25) is 0 Å². The third-order valence-corrected chi connectivity index (χ3v) is 5.46. The lowest BCUT2D eigenvalue weighted by molar-refractivity contribution is 0.210. The van der Waals surface area contributed by atoms with Crippen LogP contribution in [0.15, 0.2) is 29.3 Å². The van der Waals surface area contributed by atoms with Gasteiger partial charge < -0.3 is 15.5 Å². The molecule has 0 radical (unpaired) electrons. The molecule has 2 fully saturated rings. The van der Waals surface area contributed by atoms with E-state index in [4.69, 9.17) is 4.99 Å². The second-order valence-corrected chi connectivity index (χ2v) is 7.61. The van der Waals surface area contributed by atoms with Crippen LogP contribution in [0, 0.1) is 11.7 Å². The first-order valence-corrected chi connectivity index (χ1v) is 9.59. The number of nitrogens with zero attached hydrogens (tertiary/aromatic N) is 2. The summed E-state index contributed by atoms with van der Waals surface area (Å²) in [6.45, 7) is 6.86. The fourth-order valence-electron chi connectivity index (χ4n) is 3.81. The molecule has 1 saturated carbocycles. The summed E-state index contributed by atoms with van der Waals surface area (Å²) in [6, 6.07) is 7.15. The van der Waals surface area contributed by atoms with Crippen molar-refractivity contribution in [2.75, 3.05) is 39.8 Å². The smallest absolute Gasteiger partial charge is 0.191 e. The predicted molar refractivity (Wildman–Crippen MR) is 102 cm³/mol. The number of hydrogen-bond donors (Lipinski definition) is 2. The molecule has 3 rings (SSSR count). The molecule has 1 aliphatic carbocycles. The minimum Gasteiger partial charge on any atom is -0.357 e. The van der Waals surface area contributed by atoms with Crippen molar-refractivity contribution in [1.82, 2.24) is 15.5 Å². The average molecular weight is 346 g/mol. The van der Waals surface area contributed by atoms with Gasteiger partial charge in [-0.2, -0.15) is 0 Å². The number of nitrogens with one attached hydrogen (secondary N) is 2. The van der Waals surface area contributed by atoms with Gasteiger partial charge in [-0.15, -0.1) is 0 Å². The second kappa shape index (κ2) is 8.17. The largest absolute Gasteiger partial charge is 0.357 e. The highest BCUT2D eigenvalue weighted by Crippen LogP contribution is 2.49. The number of likely N-dealkylation sites (tertiary alicyclic amines) is 1. The van der Waals surface area contributed by atoms with E-state index in [-0.39, 0.29) is 11.2 Å². The lowest BCUT2D eigenvalue weighted by Gasteiger charge is -2.30. The Morgan fingerprint density at radius 3 is 2.80 bits per heavy atom. The van der Waals surface area contributed by atoms with Gasteiger partial charge in [-0.25, -0.2) is 4.39 Å². The van der Waals surface area contributed by atoms with Crippen molar-refractivity contribution in [3.63, 3.8) is 0 Å². The maximum absolute atomic E-state index is 14.1. The summed E-state index contributed by atoms with van der Waals surface area (Å²) in [5, 5.41) is 6.83. The molecule has 138 valence electrons. The van der Waals surface area contributed by atoms with E-state index in [1.165, 1.54) is 19.4 Å². The van der Waals surface area contributed by atoms with Crippen LogP contribution >= 0.6 is 0 Å². The van der Waals surface area contributed by atoms with Crippen LogP contribution in [0.5, 0.6) is 0 Å². The van der Waals surface area contributed by atoms with Crippen molar-refractivity contribution in [1.29, 1.82) is 0 Å².